The van der Waals surface area contributed by atoms with Gasteiger partial charge < -0.3 is 5.32 Å². The predicted molar refractivity (Wildman–Crippen MR) is 77.8 cm³/mol. The number of benzene rings is 2. The molecule has 1 unspecified atom stereocenters. The lowest BCUT2D eigenvalue weighted by molar-refractivity contribution is 0.514. The summed E-state index contributed by atoms with van der Waals surface area (Å²) in [4.78, 5) is 0. The molecule has 0 saturated carbocycles. The molecule has 0 amide bonds. The molecule has 0 spiro atoms. The van der Waals surface area contributed by atoms with E-state index in [0.29, 0.717) is 6.42 Å². The second-order valence-corrected chi connectivity index (χ2v) is 5.11. The SMILES string of the molecule is CNC(Cc1c(F)cccc1F)c1ccc(C)cc1C. The van der Waals surface area contributed by atoms with Gasteiger partial charge in [-0.25, -0.2) is 8.78 Å². The molecule has 1 atom stereocenters. The first-order valence-electron chi connectivity index (χ1n) is 6.70. The lowest BCUT2D eigenvalue weighted by Gasteiger charge is -2.20. The minimum Gasteiger partial charge on any atom is -0.313 e. The van der Waals surface area contributed by atoms with E-state index in [1.165, 1.54) is 23.8 Å². The van der Waals surface area contributed by atoms with Crippen molar-refractivity contribution in [3.05, 3.63) is 70.3 Å². The predicted octanol–water partition coefficient (Wildman–Crippen LogP) is 4.08. The molecule has 3 heteroatoms. The fraction of sp³-hybridized carbons (Fsp3) is 0.294. The van der Waals surface area contributed by atoms with Crippen LogP contribution in [0.15, 0.2) is 36.4 Å². The highest BCUT2D eigenvalue weighted by Crippen LogP contribution is 2.25. The Balaban J connectivity index is 2.34. The highest BCUT2D eigenvalue weighted by Gasteiger charge is 2.17. The topological polar surface area (TPSA) is 12.0 Å². The van der Waals surface area contributed by atoms with E-state index in [1.54, 1.807) is 0 Å². The Morgan fingerprint density at radius 2 is 1.70 bits per heavy atom. The van der Waals surface area contributed by atoms with Crippen LogP contribution in [-0.2, 0) is 6.42 Å². The number of nitrogens with one attached hydrogen (secondary N) is 1. The Labute approximate surface area is 118 Å². The van der Waals surface area contributed by atoms with Crippen LogP contribution >= 0.6 is 0 Å². The van der Waals surface area contributed by atoms with Crippen LogP contribution in [0.2, 0.25) is 0 Å². The van der Waals surface area contributed by atoms with Crippen molar-refractivity contribution in [1.29, 1.82) is 0 Å². The molecule has 20 heavy (non-hydrogen) atoms. The van der Waals surface area contributed by atoms with Gasteiger partial charge in [-0.3, -0.25) is 0 Å². The van der Waals surface area contributed by atoms with E-state index in [4.69, 9.17) is 0 Å². The molecule has 1 N–H and O–H groups in total. The summed E-state index contributed by atoms with van der Waals surface area (Å²) in [6, 6.07) is 9.99. The van der Waals surface area contributed by atoms with Crippen molar-refractivity contribution in [3.63, 3.8) is 0 Å². The highest BCUT2D eigenvalue weighted by molar-refractivity contribution is 5.34. The van der Waals surface area contributed by atoms with Gasteiger partial charge in [0.2, 0.25) is 0 Å². The number of likely N-dealkylation sites (N-methyl/N-ethyl adjacent to an activating group) is 1. The molecule has 2 aromatic rings. The summed E-state index contributed by atoms with van der Waals surface area (Å²) in [6.45, 7) is 4.05. The second-order valence-electron chi connectivity index (χ2n) is 5.11. The van der Waals surface area contributed by atoms with Crippen LogP contribution in [0.5, 0.6) is 0 Å². The monoisotopic (exact) mass is 275 g/mol. The van der Waals surface area contributed by atoms with E-state index in [2.05, 4.69) is 11.4 Å². The summed E-state index contributed by atoms with van der Waals surface area (Å²) in [5, 5.41) is 3.15. The van der Waals surface area contributed by atoms with Crippen molar-refractivity contribution in [1.82, 2.24) is 5.32 Å². The third kappa shape index (κ3) is 3.05. The summed E-state index contributed by atoms with van der Waals surface area (Å²) < 4.78 is 27.5. The Morgan fingerprint density at radius 1 is 1.05 bits per heavy atom. The van der Waals surface area contributed by atoms with Crippen LogP contribution in [0, 0.1) is 25.5 Å². The van der Waals surface area contributed by atoms with Crippen LogP contribution in [0.25, 0.3) is 0 Å². The van der Waals surface area contributed by atoms with Crippen molar-refractivity contribution in [2.75, 3.05) is 7.05 Å². The van der Waals surface area contributed by atoms with Gasteiger partial charge >= 0.3 is 0 Å². The molecular weight excluding hydrogens is 256 g/mol. The molecule has 0 saturated heterocycles. The standard InChI is InChI=1S/C17H19F2N/c1-11-7-8-13(12(2)9-11)17(20-3)10-14-15(18)5-4-6-16(14)19/h4-9,17,20H,10H2,1-3H3. The van der Waals surface area contributed by atoms with E-state index in [0.717, 1.165) is 11.1 Å². The molecule has 0 fully saturated rings. The second kappa shape index (κ2) is 6.14. The zero-order valence-corrected chi connectivity index (χ0v) is 12.0. The number of aryl methyl sites for hydroxylation is 2. The fourth-order valence-electron chi connectivity index (χ4n) is 2.52. The van der Waals surface area contributed by atoms with Gasteiger partial charge in [0.25, 0.3) is 0 Å². The van der Waals surface area contributed by atoms with Gasteiger partial charge in [0.1, 0.15) is 11.6 Å². The Morgan fingerprint density at radius 3 is 2.25 bits per heavy atom. The van der Waals surface area contributed by atoms with Crippen LogP contribution in [0.4, 0.5) is 8.78 Å². The van der Waals surface area contributed by atoms with Gasteiger partial charge in [-0.15, -0.1) is 0 Å². The molecule has 0 bridgehead atoms. The van der Waals surface area contributed by atoms with Gasteiger partial charge in [0.05, 0.1) is 0 Å². The first-order valence-corrected chi connectivity index (χ1v) is 6.70. The first kappa shape index (κ1) is 14.7. The highest BCUT2D eigenvalue weighted by atomic mass is 19.1. The molecule has 2 rings (SSSR count). The number of hydrogen-bond donors (Lipinski definition) is 1. The normalized spacial score (nSPS) is 12.4. The Bertz CT molecular complexity index is 588. The molecule has 0 aromatic heterocycles. The van der Waals surface area contributed by atoms with Crippen LogP contribution in [0.3, 0.4) is 0 Å². The van der Waals surface area contributed by atoms with Crippen molar-refractivity contribution >= 4 is 0 Å². The number of halogens is 2. The van der Waals surface area contributed by atoms with Gasteiger partial charge in [0, 0.05) is 11.6 Å². The van der Waals surface area contributed by atoms with Gasteiger partial charge in [0.15, 0.2) is 0 Å². The molecule has 1 nitrogen and oxygen atoms in total. The molecule has 0 radical (unpaired) electrons. The minimum absolute atomic E-state index is 0.109. The fourth-order valence-corrected chi connectivity index (χ4v) is 2.52. The van der Waals surface area contributed by atoms with Crippen molar-refractivity contribution in [2.45, 2.75) is 26.3 Å². The first-order chi connectivity index (χ1) is 9.52. The maximum Gasteiger partial charge on any atom is 0.129 e. The zero-order chi connectivity index (χ0) is 14.7. The molecular formula is C17H19F2N. The maximum absolute atomic E-state index is 13.8. The molecule has 106 valence electrons. The van der Waals surface area contributed by atoms with E-state index < -0.39 is 11.6 Å². The Kier molecular flexibility index (Phi) is 4.50. The van der Waals surface area contributed by atoms with E-state index >= 15 is 0 Å². The summed E-state index contributed by atoms with van der Waals surface area (Å²) in [5.74, 6) is -0.981. The quantitative estimate of drug-likeness (QED) is 0.886. The van der Waals surface area contributed by atoms with E-state index in [9.17, 15) is 8.78 Å². The third-order valence-electron chi connectivity index (χ3n) is 3.62. The smallest absolute Gasteiger partial charge is 0.129 e. The molecule has 0 aliphatic heterocycles. The summed E-state index contributed by atoms with van der Waals surface area (Å²) in [6.07, 6.45) is 0.291. The summed E-state index contributed by atoms with van der Waals surface area (Å²) in [7, 11) is 1.81. The average Bonchev–Trinajstić information content (AvgIpc) is 2.40. The van der Waals surface area contributed by atoms with E-state index in [-0.39, 0.29) is 11.6 Å². The van der Waals surface area contributed by atoms with Gasteiger partial charge in [-0.2, -0.15) is 0 Å². The van der Waals surface area contributed by atoms with E-state index in [1.807, 2.05) is 33.0 Å². The van der Waals surface area contributed by atoms with Crippen LogP contribution in [-0.4, -0.2) is 7.05 Å². The summed E-state index contributed by atoms with van der Waals surface area (Å²) in [5.41, 5.74) is 3.51. The van der Waals surface area contributed by atoms with Crippen LogP contribution in [0.1, 0.15) is 28.3 Å². The average molecular weight is 275 g/mol. The lowest BCUT2D eigenvalue weighted by Crippen LogP contribution is -2.21. The minimum atomic E-state index is -0.491. The Hall–Kier alpha value is -1.74. The number of hydrogen-bond acceptors (Lipinski definition) is 1. The van der Waals surface area contributed by atoms with Gasteiger partial charge in [-0.1, -0.05) is 29.8 Å². The number of rotatable bonds is 4. The third-order valence-corrected chi connectivity index (χ3v) is 3.62. The zero-order valence-electron chi connectivity index (χ0n) is 12.0. The molecule has 0 heterocycles. The maximum atomic E-state index is 13.8. The molecule has 0 aliphatic rings. The van der Waals surface area contributed by atoms with Crippen LogP contribution < -0.4 is 5.32 Å². The molecule has 0 aliphatic carbocycles. The summed E-state index contributed by atoms with van der Waals surface area (Å²) >= 11 is 0. The van der Waals surface area contributed by atoms with Crippen molar-refractivity contribution in [2.24, 2.45) is 0 Å². The molecule has 2 aromatic carbocycles. The van der Waals surface area contributed by atoms with Crippen molar-refractivity contribution in [3.8, 4) is 0 Å². The van der Waals surface area contributed by atoms with Crippen molar-refractivity contribution < 1.29 is 8.78 Å². The lowest BCUT2D eigenvalue weighted by atomic mass is 9.94. The van der Waals surface area contributed by atoms with Gasteiger partial charge in [-0.05, 0) is 50.6 Å². The largest absolute Gasteiger partial charge is 0.313 e.